The lowest BCUT2D eigenvalue weighted by molar-refractivity contribution is 0.410. The van der Waals surface area contributed by atoms with Crippen LogP contribution in [0.25, 0.3) is 0 Å². The van der Waals surface area contributed by atoms with E-state index in [-0.39, 0.29) is 4.83 Å². The summed E-state index contributed by atoms with van der Waals surface area (Å²) in [5.74, 6) is 0.923. The largest absolute Gasteiger partial charge is 0.496 e. The molecule has 19 heavy (non-hydrogen) atoms. The third-order valence-electron chi connectivity index (χ3n) is 3.34. The summed E-state index contributed by atoms with van der Waals surface area (Å²) < 4.78 is 5.46. The molecule has 0 spiro atoms. The van der Waals surface area contributed by atoms with Crippen LogP contribution in [0.5, 0.6) is 5.75 Å². The summed E-state index contributed by atoms with van der Waals surface area (Å²) in [6, 6.07) is 15.0. The Morgan fingerprint density at radius 1 is 1.11 bits per heavy atom. The highest BCUT2D eigenvalue weighted by Crippen LogP contribution is 2.37. The van der Waals surface area contributed by atoms with Crippen molar-refractivity contribution in [3.63, 3.8) is 0 Å². The van der Waals surface area contributed by atoms with Crippen molar-refractivity contribution >= 4 is 15.9 Å². The lowest BCUT2D eigenvalue weighted by Gasteiger charge is -2.16. The van der Waals surface area contributed by atoms with Gasteiger partial charge in [0.1, 0.15) is 5.75 Å². The second kappa shape index (κ2) is 6.25. The lowest BCUT2D eigenvalue weighted by atomic mass is 10.0. The van der Waals surface area contributed by atoms with Gasteiger partial charge in [0.2, 0.25) is 0 Å². The molecule has 1 nitrogen and oxygen atoms in total. The van der Waals surface area contributed by atoms with E-state index in [1.165, 1.54) is 22.3 Å². The Morgan fingerprint density at radius 3 is 2.37 bits per heavy atom. The zero-order valence-electron chi connectivity index (χ0n) is 11.6. The third kappa shape index (κ3) is 3.19. The van der Waals surface area contributed by atoms with Gasteiger partial charge in [0.15, 0.2) is 0 Å². The first kappa shape index (κ1) is 14.1. The number of ether oxygens (including phenoxy) is 1. The van der Waals surface area contributed by atoms with Gasteiger partial charge in [-0.15, -0.1) is 0 Å². The van der Waals surface area contributed by atoms with E-state index in [4.69, 9.17) is 4.74 Å². The summed E-state index contributed by atoms with van der Waals surface area (Å²) in [5, 5.41) is 0. The summed E-state index contributed by atoms with van der Waals surface area (Å²) >= 11 is 3.79. The van der Waals surface area contributed by atoms with Crippen LogP contribution in [0.4, 0.5) is 0 Å². The molecule has 0 fully saturated rings. The van der Waals surface area contributed by atoms with Crippen molar-refractivity contribution < 1.29 is 4.74 Å². The molecule has 0 saturated carbocycles. The molecular weight excluding hydrogens is 300 g/mol. The van der Waals surface area contributed by atoms with Gasteiger partial charge in [-0.2, -0.15) is 0 Å². The van der Waals surface area contributed by atoms with Gasteiger partial charge in [-0.3, -0.25) is 0 Å². The van der Waals surface area contributed by atoms with Crippen LogP contribution < -0.4 is 4.74 Å². The molecule has 100 valence electrons. The van der Waals surface area contributed by atoms with E-state index in [1.54, 1.807) is 7.11 Å². The van der Waals surface area contributed by atoms with Gasteiger partial charge in [-0.05, 0) is 30.5 Å². The maximum Gasteiger partial charge on any atom is 0.123 e. The standard InChI is InChI=1S/C17H19BrO/c1-4-13-6-8-14(9-7-13)17(18)15-11-12(2)5-10-16(15)19-3/h5-11,17H,4H2,1-3H3. The molecular formula is C17H19BrO. The first-order chi connectivity index (χ1) is 9.15. The van der Waals surface area contributed by atoms with Crippen molar-refractivity contribution in [1.29, 1.82) is 0 Å². The van der Waals surface area contributed by atoms with Crippen molar-refractivity contribution in [3.8, 4) is 5.75 Å². The molecule has 1 atom stereocenters. The van der Waals surface area contributed by atoms with Gasteiger partial charge in [-0.1, -0.05) is 64.8 Å². The zero-order valence-corrected chi connectivity index (χ0v) is 13.2. The van der Waals surface area contributed by atoms with Crippen LogP contribution >= 0.6 is 15.9 Å². The highest BCUT2D eigenvalue weighted by Gasteiger charge is 2.15. The molecule has 2 rings (SSSR count). The van der Waals surface area contributed by atoms with E-state index in [9.17, 15) is 0 Å². The number of rotatable bonds is 4. The van der Waals surface area contributed by atoms with Crippen LogP contribution in [0.2, 0.25) is 0 Å². The Morgan fingerprint density at radius 2 is 1.79 bits per heavy atom. The Kier molecular flexibility index (Phi) is 4.65. The molecule has 2 heteroatoms. The number of alkyl halides is 1. The highest BCUT2D eigenvalue weighted by atomic mass is 79.9. The summed E-state index contributed by atoms with van der Waals surface area (Å²) in [5.41, 5.74) is 5.03. The molecule has 0 radical (unpaired) electrons. The predicted octanol–water partition coefficient (Wildman–Crippen LogP) is 5.05. The van der Waals surface area contributed by atoms with E-state index in [0.29, 0.717) is 0 Å². The van der Waals surface area contributed by atoms with Crippen LogP contribution in [0.1, 0.15) is 34.0 Å². The minimum Gasteiger partial charge on any atom is -0.496 e. The number of hydrogen-bond donors (Lipinski definition) is 0. The van der Waals surface area contributed by atoms with Crippen LogP contribution in [-0.4, -0.2) is 7.11 Å². The quantitative estimate of drug-likeness (QED) is 0.717. The summed E-state index contributed by atoms with van der Waals surface area (Å²) in [6.07, 6.45) is 1.07. The second-order valence-corrected chi connectivity index (χ2v) is 5.62. The monoisotopic (exact) mass is 318 g/mol. The average Bonchev–Trinajstić information content (AvgIpc) is 2.46. The number of halogens is 1. The molecule has 1 unspecified atom stereocenters. The van der Waals surface area contributed by atoms with Gasteiger partial charge < -0.3 is 4.74 Å². The van der Waals surface area contributed by atoms with Gasteiger partial charge in [-0.25, -0.2) is 0 Å². The van der Waals surface area contributed by atoms with Crippen LogP contribution in [0.3, 0.4) is 0 Å². The zero-order chi connectivity index (χ0) is 13.8. The topological polar surface area (TPSA) is 9.23 Å². The van der Waals surface area contributed by atoms with E-state index < -0.39 is 0 Å². The lowest BCUT2D eigenvalue weighted by Crippen LogP contribution is -1.98. The van der Waals surface area contributed by atoms with E-state index in [0.717, 1.165) is 12.2 Å². The number of methoxy groups -OCH3 is 1. The van der Waals surface area contributed by atoms with Gasteiger partial charge >= 0.3 is 0 Å². The molecule has 0 aliphatic rings. The maximum atomic E-state index is 5.46. The second-order valence-electron chi connectivity index (χ2n) is 4.70. The number of aryl methyl sites for hydroxylation is 2. The maximum absolute atomic E-state index is 5.46. The van der Waals surface area contributed by atoms with Crippen molar-refractivity contribution in [3.05, 3.63) is 64.7 Å². The van der Waals surface area contributed by atoms with Crippen molar-refractivity contribution in [2.75, 3.05) is 7.11 Å². The molecule has 0 heterocycles. The highest BCUT2D eigenvalue weighted by molar-refractivity contribution is 9.09. The first-order valence-electron chi connectivity index (χ1n) is 6.53. The Balaban J connectivity index is 2.36. The third-order valence-corrected chi connectivity index (χ3v) is 4.36. The molecule has 0 amide bonds. The molecule has 0 aliphatic carbocycles. The first-order valence-corrected chi connectivity index (χ1v) is 7.44. The van der Waals surface area contributed by atoms with Crippen molar-refractivity contribution in [2.24, 2.45) is 0 Å². The van der Waals surface area contributed by atoms with Gasteiger partial charge in [0.25, 0.3) is 0 Å². The summed E-state index contributed by atoms with van der Waals surface area (Å²) in [6.45, 7) is 4.27. The average molecular weight is 319 g/mol. The minimum atomic E-state index is 0.160. The Labute approximate surface area is 123 Å². The van der Waals surface area contributed by atoms with Gasteiger partial charge in [0.05, 0.1) is 11.9 Å². The molecule has 0 N–H and O–H groups in total. The molecule has 0 aromatic heterocycles. The Hall–Kier alpha value is -1.28. The predicted molar refractivity (Wildman–Crippen MR) is 84.3 cm³/mol. The van der Waals surface area contributed by atoms with E-state index in [2.05, 4.69) is 66.2 Å². The number of hydrogen-bond acceptors (Lipinski definition) is 1. The van der Waals surface area contributed by atoms with E-state index in [1.807, 2.05) is 6.07 Å². The van der Waals surface area contributed by atoms with Gasteiger partial charge in [0, 0.05) is 5.56 Å². The smallest absolute Gasteiger partial charge is 0.123 e. The molecule has 2 aromatic rings. The fraction of sp³-hybridized carbons (Fsp3) is 0.294. The fourth-order valence-corrected chi connectivity index (χ4v) is 2.82. The number of benzene rings is 2. The summed E-state index contributed by atoms with van der Waals surface area (Å²) in [7, 11) is 1.72. The van der Waals surface area contributed by atoms with E-state index >= 15 is 0 Å². The van der Waals surface area contributed by atoms with Crippen molar-refractivity contribution in [2.45, 2.75) is 25.1 Å². The Bertz CT molecular complexity index is 546. The van der Waals surface area contributed by atoms with Crippen LogP contribution in [0, 0.1) is 6.92 Å². The fourth-order valence-electron chi connectivity index (χ4n) is 2.15. The van der Waals surface area contributed by atoms with Crippen LogP contribution in [0.15, 0.2) is 42.5 Å². The van der Waals surface area contributed by atoms with Crippen LogP contribution in [-0.2, 0) is 6.42 Å². The molecule has 0 aliphatic heterocycles. The minimum absolute atomic E-state index is 0.160. The summed E-state index contributed by atoms with van der Waals surface area (Å²) in [4.78, 5) is 0.160. The van der Waals surface area contributed by atoms with Crippen molar-refractivity contribution in [1.82, 2.24) is 0 Å². The normalized spacial score (nSPS) is 12.2. The molecule has 0 saturated heterocycles. The SMILES string of the molecule is CCc1ccc(C(Br)c2cc(C)ccc2OC)cc1. The molecule has 2 aromatic carbocycles. The molecule has 0 bridgehead atoms.